The Labute approximate surface area is 94.0 Å². The van der Waals surface area contributed by atoms with Crippen LogP contribution in [-0.4, -0.2) is 24.9 Å². The number of hydrogen-bond acceptors (Lipinski definition) is 3. The molecule has 3 nitrogen and oxygen atoms in total. The van der Waals surface area contributed by atoms with Crippen LogP contribution in [-0.2, 0) is 4.74 Å². The van der Waals surface area contributed by atoms with Gasteiger partial charge in [-0.2, -0.15) is 0 Å². The van der Waals surface area contributed by atoms with Crippen LogP contribution >= 0.6 is 11.6 Å². The van der Waals surface area contributed by atoms with E-state index < -0.39 is 0 Å². The third-order valence-corrected chi connectivity index (χ3v) is 2.81. The Kier molecular flexibility index (Phi) is 3.14. The number of phenols is 1. The van der Waals surface area contributed by atoms with E-state index in [9.17, 15) is 5.11 Å². The van der Waals surface area contributed by atoms with Crippen molar-refractivity contribution in [1.29, 1.82) is 0 Å². The van der Waals surface area contributed by atoms with Crippen molar-refractivity contribution in [1.82, 2.24) is 5.32 Å². The van der Waals surface area contributed by atoms with E-state index in [1.54, 1.807) is 12.1 Å². The molecule has 1 heterocycles. The predicted molar refractivity (Wildman–Crippen MR) is 59.4 cm³/mol. The summed E-state index contributed by atoms with van der Waals surface area (Å²) in [5, 5.41) is 13.9. The average molecular weight is 228 g/mol. The summed E-state index contributed by atoms with van der Waals surface area (Å²) in [6.45, 7) is 3.94. The van der Waals surface area contributed by atoms with Gasteiger partial charge in [0.15, 0.2) is 0 Å². The van der Waals surface area contributed by atoms with Crippen molar-refractivity contribution in [3.8, 4) is 5.75 Å². The summed E-state index contributed by atoms with van der Waals surface area (Å²) in [6, 6.07) is 3.58. The van der Waals surface area contributed by atoms with E-state index in [4.69, 9.17) is 16.3 Å². The largest absolute Gasteiger partial charge is 0.507 e. The molecule has 4 heteroatoms. The van der Waals surface area contributed by atoms with E-state index in [0.29, 0.717) is 17.4 Å². The highest BCUT2D eigenvalue weighted by atomic mass is 35.5. The number of aromatic hydroxyl groups is 1. The first kappa shape index (κ1) is 10.7. The maximum absolute atomic E-state index is 9.92. The number of nitrogens with one attached hydrogen (secondary N) is 1. The van der Waals surface area contributed by atoms with Crippen molar-refractivity contribution in [3.05, 3.63) is 28.3 Å². The maximum atomic E-state index is 9.92. The SMILES string of the molecule is Cc1cc(Cl)cc([C@@H]2COCCN2)c1O. The fraction of sp³-hybridized carbons (Fsp3) is 0.455. The van der Waals surface area contributed by atoms with Crippen LogP contribution in [0.4, 0.5) is 0 Å². The molecule has 2 N–H and O–H groups in total. The topological polar surface area (TPSA) is 41.5 Å². The van der Waals surface area contributed by atoms with E-state index in [0.717, 1.165) is 24.3 Å². The summed E-state index contributed by atoms with van der Waals surface area (Å²) in [5.41, 5.74) is 1.62. The highest BCUT2D eigenvalue weighted by Crippen LogP contribution is 2.31. The minimum Gasteiger partial charge on any atom is -0.507 e. The molecule has 0 spiro atoms. The smallest absolute Gasteiger partial charge is 0.123 e. The lowest BCUT2D eigenvalue weighted by molar-refractivity contribution is 0.0761. The van der Waals surface area contributed by atoms with Gasteiger partial charge >= 0.3 is 0 Å². The second-order valence-corrected chi connectivity index (χ2v) is 4.18. The highest BCUT2D eigenvalue weighted by Gasteiger charge is 2.19. The molecule has 82 valence electrons. The van der Waals surface area contributed by atoms with Crippen LogP contribution in [0.5, 0.6) is 5.75 Å². The fourth-order valence-corrected chi connectivity index (χ4v) is 2.07. The van der Waals surface area contributed by atoms with Gasteiger partial charge in [0.05, 0.1) is 19.3 Å². The number of morpholine rings is 1. The van der Waals surface area contributed by atoms with Crippen LogP contribution in [0.25, 0.3) is 0 Å². The summed E-state index contributed by atoms with van der Waals surface area (Å²) in [7, 11) is 0. The monoisotopic (exact) mass is 227 g/mol. The van der Waals surface area contributed by atoms with E-state index >= 15 is 0 Å². The van der Waals surface area contributed by atoms with Crippen LogP contribution < -0.4 is 5.32 Å². The van der Waals surface area contributed by atoms with Crippen molar-refractivity contribution >= 4 is 11.6 Å². The Hall–Kier alpha value is -0.770. The Morgan fingerprint density at radius 1 is 1.53 bits per heavy atom. The first-order valence-corrected chi connectivity index (χ1v) is 5.36. The molecule has 2 rings (SSSR count). The molecule has 15 heavy (non-hydrogen) atoms. The second kappa shape index (κ2) is 4.39. The number of aryl methyl sites for hydroxylation is 1. The zero-order valence-corrected chi connectivity index (χ0v) is 9.34. The molecular formula is C11H14ClNO2. The fourth-order valence-electron chi connectivity index (χ4n) is 1.79. The molecule has 0 bridgehead atoms. The molecule has 1 aromatic rings. The van der Waals surface area contributed by atoms with E-state index in [1.807, 2.05) is 6.92 Å². The van der Waals surface area contributed by atoms with Gasteiger partial charge in [-0.25, -0.2) is 0 Å². The van der Waals surface area contributed by atoms with E-state index in [2.05, 4.69) is 5.32 Å². The summed E-state index contributed by atoms with van der Waals surface area (Å²) in [4.78, 5) is 0. The van der Waals surface area contributed by atoms with Gasteiger partial charge in [-0.05, 0) is 24.6 Å². The normalized spacial score (nSPS) is 21.6. The number of benzene rings is 1. The number of rotatable bonds is 1. The Balaban J connectivity index is 2.33. The molecule has 1 aliphatic heterocycles. The summed E-state index contributed by atoms with van der Waals surface area (Å²) in [6.07, 6.45) is 0. The minimum absolute atomic E-state index is 0.0381. The van der Waals surface area contributed by atoms with Gasteiger partial charge in [0.2, 0.25) is 0 Å². The summed E-state index contributed by atoms with van der Waals surface area (Å²) < 4.78 is 5.35. The van der Waals surface area contributed by atoms with Crippen LogP contribution in [0.1, 0.15) is 17.2 Å². The van der Waals surface area contributed by atoms with Crippen LogP contribution in [0.15, 0.2) is 12.1 Å². The number of halogens is 1. The van der Waals surface area contributed by atoms with Gasteiger partial charge in [0, 0.05) is 17.1 Å². The van der Waals surface area contributed by atoms with Gasteiger partial charge in [0.25, 0.3) is 0 Å². The Morgan fingerprint density at radius 2 is 2.33 bits per heavy atom. The maximum Gasteiger partial charge on any atom is 0.123 e. The van der Waals surface area contributed by atoms with Gasteiger partial charge in [-0.3, -0.25) is 0 Å². The molecule has 1 aliphatic rings. The third-order valence-electron chi connectivity index (χ3n) is 2.59. The molecule has 1 saturated heterocycles. The molecule has 0 amide bonds. The minimum atomic E-state index is 0.0381. The van der Waals surface area contributed by atoms with Crippen LogP contribution in [0.3, 0.4) is 0 Å². The van der Waals surface area contributed by atoms with Crippen molar-refractivity contribution < 1.29 is 9.84 Å². The summed E-state index contributed by atoms with van der Waals surface area (Å²) >= 11 is 5.96. The lowest BCUT2D eigenvalue weighted by Crippen LogP contribution is -2.34. The quantitative estimate of drug-likeness (QED) is 0.771. The molecule has 0 unspecified atom stereocenters. The molecule has 0 saturated carbocycles. The molecule has 0 aliphatic carbocycles. The molecule has 0 aromatic heterocycles. The third kappa shape index (κ3) is 2.25. The number of hydrogen-bond donors (Lipinski definition) is 2. The molecule has 0 radical (unpaired) electrons. The second-order valence-electron chi connectivity index (χ2n) is 3.74. The first-order valence-electron chi connectivity index (χ1n) is 4.98. The zero-order valence-electron chi connectivity index (χ0n) is 8.59. The Bertz CT molecular complexity index is 362. The highest BCUT2D eigenvalue weighted by molar-refractivity contribution is 6.30. The number of ether oxygens (including phenoxy) is 1. The van der Waals surface area contributed by atoms with Gasteiger partial charge in [-0.1, -0.05) is 11.6 Å². The lowest BCUT2D eigenvalue weighted by atomic mass is 10.0. The van der Waals surface area contributed by atoms with Gasteiger partial charge < -0.3 is 15.2 Å². The van der Waals surface area contributed by atoms with E-state index in [1.165, 1.54) is 0 Å². The molecule has 1 aromatic carbocycles. The zero-order chi connectivity index (χ0) is 10.8. The molecule has 1 fully saturated rings. The predicted octanol–water partition coefficient (Wildman–Crippen LogP) is 2.01. The van der Waals surface area contributed by atoms with Crippen molar-refractivity contribution in [2.24, 2.45) is 0 Å². The van der Waals surface area contributed by atoms with Gasteiger partial charge in [-0.15, -0.1) is 0 Å². The van der Waals surface area contributed by atoms with Crippen molar-refractivity contribution in [3.63, 3.8) is 0 Å². The van der Waals surface area contributed by atoms with Gasteiger partial charge in [0.1, 0.15) is 5.75 Å². The van der Waals surface area contributed by atoms with E-state index in [-0.39, 0.29) is 6.04 Å². The Morgan fingerprint density at radius 3 is 3.00 bits per heavy atom. The lowest BCUT2D eigenvalue weighted by Gasteiger charge is -2.25. The van der Waals surface area contributed by atoms with Crippen LogP contribution in [0.2, 0.25) is 5.02 Å². The number of phenolic OH excluding ortho intramolecular Hbond substituents is 1. The molecular weight excluding hydrogens is 214 g/mol. The van der Waals surface area contributed by atoms with Crippen molar-refractivity contribution in [2.75, 3.05) is 19.8 Å². The summed E-state index contributed by atoms with van der Waals surface area (Å²) in [5.74, 6) is 0.308. The standard InChI is InChI=1S/C11H14ClNO2/c1-7-4-8(12)5-9(11(7)14)10-6-15-3-2-13-10/h4-5,10,13-14H,2-3,6H2,1H3/t10-/m0/s1. The average Bonchev–Trinajstić information content (AvgIpc) is 2.24. The first-order chi connectivity index (χ1) is 7.18. The molecule has 1 atom stereocenters. The van der Waals surface area contributed by atoms with Crippen molar-refractivity contribution in [2.45, 2.75) is 13.0 Å². The van der Waals surface area contributed by atoms with Crippen LogP contribution in [0, 0.1) is 6.92 Å².